The first-order chi connectivity index (χ1) is 39.7. The van der Waals surface area contributed by atoms with Crippen molar-refractivity contribution >= 4 is 94.7 Å². The van der Waals surface area contributed by atoms with E-state index in [1.54, 1.807) is 0 Å². The molecule has 1 amide bonds. The summed E-state index contributed by atoms with van der Waals surface area (Å²) in [6.45, 7) is 20.4. The molecule has 0 aliphatic carbocycles. The number of rotatable bonds is 33. The van der Waals surface area contributed by atoms with Gasteiger partial charge in [0.25, 0.3) is 5.91 Å². The first-order valence-electron chi connectivity index (χ1n) is 31.7. The van der Waals surface area contributed by atoms with Crippen molar-refractivity contribution in [2.24, 2.45) is 11.8 Å². The van der Waals surface area contributed by atoms with Crippen LogP contribution >= 0.6 is 45.3 Å². The van der Waals surface area contributed by atoms with Crippen molar-refractivity contribution in [3.63, 3.8) is 0 Å². The monoisotopic (exact) mass is 1150 g/mol. The zero-order valence-electron chi connectivity index (χ0n) is 49.8. The van der Waals surface area contributed by atoms with Crippen LogP contribution in [-0.4, -0.2) is 21.9 Å². The van der Waals surface area contributed by atoms with Crippen LogP contribution in [0.2, 0.25) is 0 Å². The number of thiophene rings is 4. The van der Waals surface area contributed by atoms with Gasteiger partial charge in [-0.15, -0.1) is 45.3 Å². The van der Waals surface area contributed by atoms with Crippen molar-refractivity contribution in [1.29, 1.82) is 0 Å². The summed E-state index contributed by atoms with van der Waals surface area (Å²) in [5.41, 5.74) is 7.45. The molecule has 0 N–H and O–H groups in total. The molecule has 8 heteroatoms. The van der Waals surface area contributed by atoms with Gasteiger partial charge in [0.1, 0.15) is 11.3 Å². The third-order valence-electron chi connectivity index (χ3n) is 17.5. The van der Waals surface area contributed by atoms with E-state index in [0.29, 0.717) is 11.8 Å². The molecule has 6 aromatic heterocycles. The maximum absolute atomic E-state index is 16.1. The van der Waals surface area contributed by atoms with Crippen LogP contribution in [0.1, 0.15) is 207 Å². The lowest BCUT2D eigenvalue weighted by molar-refractivity contribution is 0.0823. The zero-order valence-corrected chi connectivity index (χ0v) is 53.1. The van der Waals surface area contributed by atoms with Gasteiger partial charge in [-0.2, -0.15) is 0 Å². The van der Waals surface area contributed by atoms with Gasteiger partial charge in [-0.05, 0) is 93.3 Å². The normalized spacial score (nSPS) is 13.5. The van der Waals surface area contributed by atoms with Crippen LogP contribution in [0, 0.1) is 25.7 Å². The van der Waals surface area contributed by atoms with E-state index in [9.17, 15) is 0 Å². The molecule has 7 heterocycles. The summed E-state index contributed by atoms with van der Waals surface area (Å²) in [4.78, 5) is 25.8. The maximum Gasteiger partial charge on any atom is 0.261 e. The highest BCUT2D eigenvalue weighted by molar-refractivity contribution is 7.31. The molecule has 428 valence electrons. The summed E-state index contributed by atoms with van der Waals surface area (Å²) in [5, 5.41) is 5.71. The predicted octanol–water partition coefficient (Wildman–Crippen LogP) is 22.8. The van der Waals surface area contributed by atoms with Gasteiger partial charge >= 0.3 is 0 Å². The van der Waals surface area contributed by atoms with Gasteiger partial charge in [0, 0.05) is 70.5 Å². The van der Waals surface area contributed by atoms with Gasteiger partial charge < -0.3 is 13.9 Å². The van der Waals surface area contributed by atoms with E-state index < -0.39 is 0 Å². The van der Waals surface area contributed by atoms with Crippen molar-refractivity contribution in [3.05, 3.63) is 128 Å². The van der Waals surface area contributed by atoms with E-state index in [1.807, 2.05) is 45.3 Å². The Balaban J connectivity index is 1.12. The van der Waals surface area contributed by atoms with Crippen molar-refractivity contribution in [1.82, 2.24) is 9.47 Å². The molecule has 10 rings (SSSR count). The minimum atomic E-state index is 0.180. The lowest BCUT2D eigenvalue weighted by Gasteiger charge is -2.27. The van der Waals surface area contributed by atoms with Gasteiger partial charge in [0.2, 0.25) is 0 Å². The Hall–Kier alpha value is -4.99. The van der Waals surface area contributed by atoms with E-state index in [1.165, 1.54) is 203 Å². The number of hydrogen-bond donors (Lipinski definition) is 0. The Morgan fingerprint density at radius 1 is 0.494 bits per heavy atom. The lowest BCUT2D eigenvalue weighted by Crippen LogP contribution is -2.35. The minimum absolute atomic E-state index is 0.180. The summed E-state index contributed by atoms with van der Waals surface area (Å²) >= 11 is 7.49. The van der Waals surface area contributed by atoms with E-state index in [0.717, 1.165) is 75.1 Å². The number of aromatic nitrogens is 1. The minimum Gasteiger partial charge on any atom is -0.455 e. The van der Waals surface area contributed by atoms with Crippen LogP contribution in [0.15, 0.2) is 101 Å². The number of furan rings is 1. The second kappa shape index (κ2) is 28.5. The molecule has 2 atom stereocenters. The lowest BCUT2D eigenvalue weighted by atomic mass is 9.93. The fourth-order valence-corrected chi connectivity index (χ4v) is 17.5. The second-order valence-electron chi connectivity index (χ2n) is 23.7. The smallest absolute Gasteiger partial charge is 0.261 e. The summed E-state index contributed by atoms with van der Waals surface area (Å²) < 4.78 is 12.3. The van der Waals surface area contributed by atoms with Crippen molar-refractivity contribution in [2.75, 3.05) is 6.54 Å². The van der Waals surface area contributed by atoms with Gasteiger partial charge in [0.05, 0.1) is 36.1 Å². The van der Waals surface area contributed by atoms with Crippen LogP contribution in [0.25, 0.3) is 86.2 Å². The van der Waals surface area contributed by atoms with Crippen LogP contribution in [0.5, 0.6) is 0 Å². The molecule has 0 saturated heterocycles. The highest BCUT2D eigenvalue weighted by atomic mass is 32.1. The van der Waals surface area contributed by atoms with E-state index in [2.05, 4.69) is 148 Å². The number of fused-ring (bicyclic) bond motifs is 7. The number of carbonyl (C=O) groups excluding carboxylic acids is 1. The van der Waals surface area contributed by atoms with Crippen molar-refractivity contribution in [2.45, 2.75) is 202 Å². The molecule has 0 saturated carbocycles. The highest BCUT2D eigenvalue weighted by Gasteiger charge is 2.38. The van der Waals surface area contributed by atoms with Gasteiger partial charge in [-0.25, -0.2) is 0 Å². The Kier molecular flexibility index (Phi) is 20.8. The first kappa shape index (κ1) is 59.2. The Morgan fingerprint density at radius 2 is 1.02 bits per heavy atom. The van der Waals surface area contributed by atoms with Gasteiger partial charge in [0.15, 0.2) is 0 Å². The van der Waals surface area contributed by atoms with E-state index >= 15 is 4.79 Å². The first-order valence-corrected chi connectivity index (χ1v) is 35.0. The fourth-order valence-electron chi connectivity index (χ4n) is 13.1. The standard InChI is InChI=1S/C73H90N2O2S4/c1-8-12-16-20-22-28-36-53(34-26-18-14-10-3)48-74-52(7)63-66(68(74)60-43-42-50(5)78-60)73(76)75(49-54(35-27-19-15-11-4)37-29-23-21-17-13-9-2)67(63)61-45-44-59(80-61)62-47-57-65-64(55-38-30-24-31-39-55)69(56-40-32-25-33-41-56)77-70(65)58-46-51(6)79-72(58)71(57)81-62/h24-25,30-33,38-47,53-54H,7-23,26-29,34-37,48-49H2,1-6H3. The number of amides is 1. The van der Waals surface area contributed by atoms with Crippen LogP contribution < -0.4 is 10.6 Å². The number of nitrogens with zero attached hydrogens (tertiary/aromatic N) is 2. The van der Waals surface area contributed by atoms with Gasteiger partial charge in [-0.1, -0.05) is 223 Å². The fraction of sp³-hybridized carbons (Fsp3) is 0.466. The SMILES string of the molecule is C=c1c2c(c(-c3ccc(C)s3)n1CC(CCCCCC)CCCCCCCC)C(=O)N(CC(CCCCCC)CCCCCCCC)C=2c1ccc(-c2cc3c(s2)c2sc(C)cc2c2oc(-c4ccccc4)c(-c4ccccc4)c32)s1. The highest BCUT2D eigenvalue weighted by Crippen LogP contribution is 2.53. The molecular weight excluding hydrogens is 1070 g/mol. The number of benzene rings is 3. The molecule has 81 heavy (non-hydrogen) atoms. The molecule has 2 unspecified atom stereocenters. The molecule has 9 aromatic rings. The number of unbranched alkanes of at least 4 members (excludes halogenated alkanes) is 16. The summed E-state index contributed by atoms with van der Waals surface area (Å²) in [7, 11) is 0. The summed E-state index contributed by atoms with van der Waals surface area (Å²) in [6.07, 6.45) is 30.4. The van der Waals surface area contributed by atoms with Crippen molar-refractivity contribution in [3.8, 4) is 42.8 Å². The summed E-state index contributed by atoms with van der Waals surface area (Å²) in [6, 6.07) is 35.5. The van der Waals surface area contributed by atoms with Crippen LogP contribution in [0.4, 0.5) is 0 Å². The molecule has 3 aromatic carbocycles. The largest absolute Gasteiger partial charge is 0.455 e. The Labute approximate surface area is 501 Å². The van der Waals surface area contributed by atoms with E-state index in [4.69, 9.17) is 11.0 Å². The third kappa shape index (κ3) is 13.4. The zero-order chi connectivity index (χ0) is 56.2. The average Bonchev–Trinajstić information content (AvgIpc) is 3.22. The molecule has 0 spiro atoms. The molecule has 1 aliphatic heterocycles. The topological polar surface area (TPSA) is 38.4 Å². The average molecular weight is 1160 g/mol. The third-order valence-corrected chi connectivity index (χ3v) is 22.1. The predicted molar refractivity (Wildman–Crippen MR) is 357 cm³/mol. The number of aryl methyl sites for hydroxylation is 2. The molecule has 1 aliphatic rings. The van der Waals surface area contributed by atoms with Crippen LogP contribution in [0.3, 0.4) is 0 Å². The van der Waals surface area contributed by atoms with Gasteiger partial charge in [-0.3, -0.25) is 4.79 Å². The number of hydrogen-bond acceptors (Lipinski definition) is 6. The number of carbonyl (C=O) groups is 1. The molecule has 4 nitrogen and oxygen atoms in total. The Morgan fingerprint density at radius 3 is 1.62 bits per heavy atom. The molecule has 0 bridgehead atoms. The molecule has 0 radical (unpaired) electrons. The maximum atomic E-state index is 16.1. The molecule has 0 fully saturated rings. The van der Waals surface area contributed by atoms with E-state index in [-0.39, 0.29) is 5.91 Å². The molecular formula is C73H90N2O2S4. The summed E-state index contributed by atoms with van der Waals surface area (Å²) in [5.74, 6) is 2.06. The van der Waals surface area contributed by atoms with Crippen LogP contribution in [-0.2, 0) is 6.54 Å². The quantitative estimate of drug-likeness (QED) is 0.0385. The second-order valence-corrected chi connectivity index (χ2v) is 28.4. The Bertz CT molecular complexity index is 3600. The van der Waals surface area contributed by atoms with Crippen molar-refractivity contribution < 1.29 is 9.21 Å².